The third-order valence-electron chi connectivity index (χ3n) is 4.55. The van der Waals surface area contributed by atoms with Crippen molar-refractivity contribution < 1.29 is 4.74 Å². The third kappa shape index (κ3) is 3.91. The SMILES string of the molecule is CC(c1ccncc1)n1c(COCc2ccncc2)nc2ccc(Br)cc21. The van der Waals surface area contributed by atoms with E-state index in [1.165, 1.54) is 5.56 Å². The molecule has 0 amide bonds. The van der Waals surface area contributed by atoms with Crippen molar-refractivity contribution in [3.8, 4) is 0 Å². The van der Waals surface area contributed by atoms with Gasteiger partial charge < -0.3 is 9.30 Å². The molecule has 136 valence electrons. The molecular formula is C21H19BrN4O. The number of aromatic nitrogens is 4. The van der Waals surface area contributed by atoms with E-state index >= 15 is 0 Å². The van der Waals surface area contributed by atoms with Gasteiger partial charge in [0.1, 0.15) is 12.4 Å². The van der Waals surface area contributed by atoms with Crippen molar-refractivity contribution in [3.63, 3.8) is 0 Å². The minimum atomic E-state index is 0.117. The van der Waals surface area contributed by atoms with Gasteiger partial charge in [0.25, 0.3) is 0 Å². The van der Waals surface area contributed by atoms with Crippen molar-refractivity contribution in [1.82, 2.24) is 19.5 Å². The number of pyridine rings is 2. The smallest absolute Gasteiger partial charge is 0.136 e. The van der Waals surface area contributed by atoms with Crippen LogP contribution in [0.25, 0.3) is 11.0 Å². The number of hydrogen-bond donors (Lipinski definition) is 0. The Morgan fingerprint density at radius 2 is 1.67 bits per heavy atom. The van der Waals surface area contributed by atoms with Crippen LogP contribution in [0.4, 0.5) is 0 Å². The van der Waals surface area contributed by atoms with Gasteiger partial charge in [0.05, 0.1) is 23.7 Å². The Labute approximate surface area is 166 Å². The fourth-order valence-electron chi connectivity index (χ4n) is 3.18. The lowest BCUT2D eigenvalue weighted by Gasteiger charge is -2.18. The van der Waals surface area contributed by atoms with Crippen molar-refractivity contribution in [1.29, 1.82) is 0 Å². The third-order valence-corrected chi connectivity index (χ3v) is 5.04. The van der Waals surface area contributed by atoms with Crippen LogP contribution in [-0.2, 0) is 18.0 Å². The fraction of sp³-hybridized carbons (Fsp3) is 0.190. The highest BCUT2D eigenvalue weighted by atomic mass is 79.9. The summed E-state index contributed by atoms with van der Waals surface area (Å²) in [6.45, 7) is 3.13. The van der Waals surface area contributed by atoms with E-state index < -0.39 is 0 Å². The maximum atomic E-state index is 5.96. The average Bonchev–Trinajstić information content (AvgIpc) is 3.06. The lowest BCUT2D eigenvalue weighted by atomic mass is 10.1. The molecule has 0 fully saturated rings. The average molecular weight is 423 g/mol. The van der Waals surface area contributed by atoms with Crippen molar-refractivity contribution in [2.75, 3.05) is 0 Å². The van der Waals surface area contributed by atoms with Gasteiger partial charge in [0.15, 0.2) is 0 Å². The van der Waals surface area contributed by atoms with Crippen LogP contribution in [0.2, 0.25) is 0 Å². The number of ether oxygens (including phenoxy) is 1. The lowest BCUT2D eigenvalue weighted by molar-refractivity contribution is 0.0991. The van der Waals surface area contributed by atoms with Gasteiger partial charge in [-0.05, 0) is 60.5 Å². The second kappa shape index (κ2) is 7.98. The predicted octanol–water partition coefficient (Wildman–Crippen LogP) is 4.91. The van der Waals surface area contributed by atoms with E-state index in [0.29, 0.717) is 13.2 Å². The highest BCUT2D eigenvalue weighted by Gasteiger charge is 2.17. The molecule has 0 spiro atoms. The molecule has 1 atom stereocenters. The first-order chi connectivity index (χ1) is 13.2. The summed E-state index contributed by atoms with van der Waals surface area (Å²) in [5, 5.41) is 0. The first-order valence-electron chi connectivity index (χ1n) is 8.75. The van der Waals surface area contributed by atoms with E-state index in [2.05, 4.69) is 43.5 Å². The van der Waals surface area contributed by atoms with Gasteiger partial charge in [-0.15, -0.1) is 0 Å². The molecule has 3 aromatic heterocycles. The summed E-state index contributed by atoms with van der Waals surface area (Å²) in [5.41, 5.74) is 4.31. The second-order valence-corrected chi connectivity index (χ2v) is 7.25. The predicted molar refractivity (Wildman–Crippen MR) is 108 cm³/mol. The molecule has 1 unspecified atom stereocenters. The molecule has 0 aliphatic carbocycles. The molecule has 27 heavy (non-hydrogen) atoms. The Hall–Kier alpha value is -2.57. The molecule has 1 aromatic carbocycles. The van der Waals surface area contributed by atoms with Gasteiger partial charge in [-0.2, -0.15) is 0 Å². The number of hydrogen-bond acceptors (Lipinski definition) is 4. The maximum absolute atomic E-state index is 5.96. The minimum Gasteiger partial charge on any atom is -0.369 e. The van der Waals surface area contributed by atoms with Crippen LogP contribution < -0.4 is 0 Å². The van der Waals surface area contributed by atoms with Crippen LogP contribution in [-0.4, -0.2) is 19.5 Å². The van der Waals surface area contributed by atoms with Crippen LogP contribution in [0.15, 0.2) is 71.7 Å². The number of rotatable bonds is 6. The summed E-state index contributed by atoms with van der Waals surface area (Å²) in [7, 11) is 0. The highest BCUT2D eigenvalue weighted by molar-refractivity contribution is 9.10. The Morgan fingerprint density at radius 3 is 2.41 bits per heavy atom. The van der Waals surface area contributed by atoms with Gasteiger partial charge in [0, 0.05) is 29.3 Å². The molecule has 4 rings (SSSR count). The van der Waals surface area contributed by atoms with Crippen molar-refractivity contribution in [2.24, 2.45) is 0 Å². The lowest BCUT2D eigenvalue weighted by Crippen LogP contribution is -2.12. The summed E-state index contributed by atoms with van der Waals surface area (Å²) in [6, 6.07) is 14.3. The fourth-order valence-corrected chi connectivity index (χ4v) is 3.53. The summed E-state index contributed by atoms with van der Waals surface area (Å²) in [4.78, 5) is 13.0. The van der Waals surface area contributed by atoms with Gasteiger partial charge in [-0.3, -0.25) is 9.97 Å². The van der Waals surface area contributed by atoms with Crippen LogP contribution in [0.5, 0.6) is 0 Å². The topological polar surface area (TPSA) is 52.8 Å². The Kier molecular flexibility index (Phi) is 5.27. The molecule has 0 bridgehead atoms. The molecule has 6 heteroatoms. The molecule has 0 aliphatic heterocycles. The molecule has 0 N–H and O–H groups in total. The summed E-state index contributed by atoms with van der Waals surface area (Å²) in [5.74, 6) is 0.904. The molecule has 3 heterocycles. The van der Waals surface area contributed by atoms with E-state index in [1.807, 2.05) is 48.8 Å². The van der Waals surface area contributed by atoms with Gasteiger partial charge in [-0.25, -0.2) is 4.98 Å². The summed E-state index contributed by atoms with van der Waals surface area (Å²) >= 11 is 3.58. The molecule has 0 saturated heterocycles. The maximum Gasteiger partial charge on any atom is 0.136 e. The van der Waals surface area contributed by atoms with Crippen LogP contribution in [0.3, 0.4) is 0 Å². The van der Waals surface area contributed by atoms with E-state index in [0.717, 1.165) is 26.9 Å². The first-order valence-corrected chi connectivity index (χ1v) is 9.54. The quantitative estimate of drug-likeness (QED) is 0.442. The molecule has 0 radical (unpaired) electrons. The normalized spacial score (nSPS) is 12.4. The number of nitrogens with zero attached hydrogens (tertiary/aromatic N) is 4. The number of fused-ring (bicyclic) bond motifs is 1. The largest absolute Gasteiger partial charge is 0.369 e. The second-order valence-electron chi connectivity index (χ2n) is 6.34. The monoisotopic (exact) mass is 422 g/mol. The number of halogens is 1. The van der Waals surface area contributed by atoms with E-state index in [9.17, 15) is 0 Å². The zero-order chi connectivity index (χ0) is 18.6. The van der Waals surface area contributed by atoms with E-state index in [1.54, 1.807) is 12.4 Å². The zero-order valence-corrected chi connectivity index (χ0v) is 16.5. The molecule has 5 nitrogen and oxygen atoms in total. The molecule has 4 aromatic rings. The highest BCUT2D eigenvalue weighted by Crippen LogP contribution is 2.28. The van der Waals surface area contributed by atoms with Crippen LogP contribution >= 0.6 is 15.9 Å². The van der Waals surface area contributed by atoms with Crippen molar-refractivity contribution in [2.45, 2.75) is 26.2 Å². The standard InChI is InChI=1S/C21H19BrN4O/c1-15(17-6-10-24-11-7-17)26-20-12-18(22)2-3-19(20)25-21(26)14-27-13-16-4-8-23-9-5-16/h2-12,15H,13-14H2,1H3. The summed E-state index contributed by atoms with van der Waals surface area (Å²) < 4.78 is 9.23. The molecule has 0 aliphatic rings. The van der Waals surface area contributed by atoms with E-state index in [4.69, 9.17) is 9.72 Å². The number of benzene rings is 1. The molecular weight excluding hydrogens is 404 g/mol. The Morgan fingerprint density at radius 1 is 0.963 bits per heavy atom. The van der Waals surface area contributed by atoms with Crippen LogP contribution in [0, 0.1) is 0 Å². The minimum absolute atomic E-state index is 0.117. The van der Waals surface area contributed by atoms with Gasteiger partial charge in [0.2, 0.25) is 0 Å². The Bertz CT molecular complexity index is 1030. The van der Waals surface area contributed by atoms with Crippen molar-refractivity contribution >= 4 is 27.0 Å². The van der Waals surface area contributed by atoms with Crippen LogP contribution in [0.1, 0.15) is 29.9 Å². The van der Waals surface area contributed by atoms with Gasteiger partial charge in [-0.1, -0.05) is 15.9 Å². The van der Waals surface area contributed by atoms with Gasteiger partial charge >= 0.3 is 0 Å². The van der Waals surface area contributed by atoms with Crippen molar-refractivity contribution in [3.05, 3.63) is 88.7 Å². The zero-order valence-electron chi connectivity index (χ0n) is 14.9. The molecule has 0 saturated carbocycles. The van der Waals surface area contributed by atoms with E-state index in [-0.39, 0.29) is 6.04 Å². The first kappa shape index (κ1) is 17.8. The Balaban J connectivity index is 1.67. The summed E-state index contributed by atoms with van der Waals surface area (Å²) in [6.07, 6.45) is 7.19. The number of imidazole rings is 1.